The van der Waals surface area contributed by atoms with Crippen LogP contribution in [0.2, 0.25) is 0 Å². The minimum atomic E-state index is -0.582. The molecule has 0 spiro atoms. The lowest BCUT2D eigenvalue weighted by Crippen LogP contribution is -2.28. The van der Waals surface area contributed by atoms with Crippen molar-refractivity contribution in [1.82, 2.24) is 9.55 Å². The number of carbonyl (C=O) groups excluding carboxylic acids is 1. The van der Waals surface area contributed by atoms with Crippen LogP contribution in [0.3, 0.4) is 0 Å². The first-order valence-electron chi connectivity index (χ1n) is 7.45. The van der Waals surface area contributed by atoms with E-state index in [1.165, 1.54) is 24.5 Å². The largest absolute Gasteiger partial charge is 0.324 e. The van der Waals surface area contributed by atoms with Crippen molar-refractivity contribution in [3.8, 4) is 0 Å². The molecule has 1 N–H and O–H groups in total. The number of benzene rings is 2. The van der Waals surface area contributed by atoms with Crippen LogP contribution in [0.15, 0.2) is 53.6 Å². The number of para-hydroxylation sites is 1. The molecule has 1 amide bonds. The van der Waals surface area contributed by atoms with Gasteiger partial charge in [-0.15, -0.1) is 0 Å². The highest BCUT2D eigenvalue weighted by atomic mass is 16.6. The zero-order valence-electron chi connectivity index (χ0n) is 13.3. The Morgan fingerprint density at radius 2 is 2.04 bits per heavy atom. The fraction of sp³-hybridized carbons (Fsp3) is 0.118. The summed E-state index contributed by atoms with van der Waals surface area (Å²) in [5, 5.41) is 13.7. The number of aromatic nitrogens is 2. The second kappa shape index (κ2) is 6.52. The molecule has 126 valence electrons. The summed E-state index contributed by atoms with van der Waals surface area (Å²) in [6.45, 7) is 1.62. The molecule has 0 saturated carbocycles. The summed E-state index contributed by atoms with van der Waals surface area (Å²) < 4.78 is 1.12. The van der Waals surface area contributed by atoms with Crippen LogP contribution < -0.4 is 10.9 Å². The molecule has 3 rings (SSSR count). The number of hydrogen-bond acceptors (Lipinski definition) is 5. The van der Waals surface area contributed by atoms with Crippen LogP contribution in [-0.4, -0.2) is 20.4 Å². The topological polar surface area (TPSA) is 107 Å². The first-order valence-corrected chi connectivity index (χ1v) is 7.45. The van der Waals surface area contributed by atoms with E-state index in [2.05, 4.69) is 10.3 Å². The number of nitro groups is 1. The van der Waals surface area contributed by atoms with E-state index in [0.29, 0.717) is 11.2 Å². The molecule has 0 fully saturated rings. The summed E-state index contributed by atoms with van der Waals surface area (Å²) >= 11 is 0. The molecular weight excluding hydrogens is 324 g/mol. The molecule has 3 aromatic rings. The van der Waals surface area contributed by atoms with Crippen LogP contribution in [0.1, 0.15) is 5.56 Å². The fourth-order valence-corrected chi connectivity index (χ4v) is 2.43. The zero-order valence-corrected chi connectivity index (χ0v) is 13.3. The van der Waals surface area contributed by atoms with E-state index in [1.807, 2.05) is 19.1 Å². The number of non-ortho nitro benzene ring substituents is 1. The van der Waals surface area contributed by atoms with Crippen LogP contribution in [0.25, 0.3) is 10.9 Å². The first kappa shape index (κ1) is 16.3. The quantitative estimate of drug-likeness (QED) is 0.580. The fourth-order valence-electron chi connectivity index (χ4n) is 2.43. The lowest BCUT2D eigenvalue weighted by Gasteiger charge is -2.09. The number of nitro benzene ring substituents is 1. The van der Waals surface area contributed by atoms with Gasteiger partial charge in [-0.05, 0) is 24.6 Å². The van der Waals surface area contributed by atoms with Crippen molar-refractivity contribution in [1.29, 1.82) is 0 Å². The third-order valence-corrected chi connectivity index (χ3v) is 3.75. The number of hydrogen-bond donors (Lipinski definition) is 1. The van der Waals surface area contributed by atoms with Crippen molar-refractivity contribution in [2.24, 2.45) is 0 Å². The minimum absolute atomic E-state index is 0.0976. The number of nitrogens with one attached hydrogen (secondary N) is 1. The predicted molar refractivity (Wildman–Crippen MR) is 92.5 cm³/mol. The smallest absolute Gasteiger partial charge is 0.270 e. The number of aryl methyl sites for hydroxylation is 1. The van der Waals surface area contributed by atoms with Crippen molar-refractivity contribution < 1.29 is 9.72 Å². The van der Waals surface area contributed by atoms with E-state index in [9.17, 15) is 19.7 Å². The van der Waals surface area contributed by atoms with Crippen molar-refractivity contribution in [3.63, 3.8) is 0 Å². The number of carbonyl (C=O) groups is 1. The average molecular weight is 338 g/mol. The number of fused-ring (bicyclic) bond motifs is 1. The summed E-state index contributed by atoms with van der Waals surface area (Å²) in [7, 11) is 0. The number of anilines is 1. The van der Waals surface area contributed by atoms with Gasteiger partial charge in [-0.25, -0.2) is 4.98 Å². The van der Waals surface area contributed by atoms with Gasteiger partial charge in [-0.3, -0.25) is 24.3 Å². The summed E-state index contributed by atoms with van der Waals surface area (Å²) in [5.41, 5.74) is 1.19. The van der Waals surface area contributed by atoms with Gasteiger partial charge in [0.25, 0.3) is 11.2 Å². The Morgan fingerprint density at radius 1 is 1.28 bits per heavy atom. The summed E-state index contributed by atoms with van der Waals surface area (Å²) in [4.78, 5) is 39.0. The van der Waals surface area contributed by atoms with E-state index in [-0.39, 0.29) is 23.5 Å². The molecular formula is C17H14N4O4. The lowest BCUT2D eigenvalue weighted by molar-refractivity contribution is -0.384. The number of rotatable bonds is 4. The second-order valence-corrected chi connectivity index (χ2v) is 5.50. The normalized spacial score (nSPS) is 10.6. The van der Waals surface area contributed by atoms with Crippen molar-refractivity contribution in [2.45, 2.75) is 13.5 Å². The van der Waals surface area contributed by atoms with Gasteiger partial charge in [0.15, 0.2) is 0 Å². The van der Waals surface area contributed by atoms with E-state index >= 15 is 0 Å². The minimum Gasteiger partial charge on any atom is -0.324 e. The molecule has 8 nitrogen and oxygen atoms in total. The first-order chi connectivity index (χ1) is 12.0. The van der Waals surface area contributed by atoms with E-state index < -0.39 is 10.5 Å². The van der Waals surface area contributed by atoms with Crippen molar-refractivity contribution in [3.05, 3.63) is 74.8 Å². The molecule has 0 aliphatic rings. The SMILES string of the molecule is Cc1ccccc1NC(=O)Cn1cnc2ccc([N+](=O)[O-])cc2c1=O. The number of amides is 1. The maximum Gasteiger partial charge on any atom is 0.270 e. The van der Waals surface area contributed by atoms with Crippen LogP contribution in [-0.2, 0) is 11.3 Å². The Morgan fingerprint density at radius 3 is 2.76 bits per heavy atom. The molecule has 1 heterocycles. The highest BCUT2D eigenvalue weighted by molar-refractivity contribution is 5.91. The lowest BCUT2D eigenvalue weighted by atomic mass is 10.2. The van der Waals surface area contributed by atoms with Crippen LogP contribution in [0, 0.1) is 17.0 Å². The average Bonchev–Trinajstić information content (AvgIpc) is 2.59. The zero-order chi connectivity index (χ0) is 18.0. The third-order valence-electron chi connectivity index (χ3n) is 3.75. The van der Waals surface area contributed by atoms with Gasteiger partial charge in [-0.2, -0.15) is 0 Å². The van der Waals surface area contributed by atoms with Crippen molar-refractivity contribution in [2.75, 3.05) is 5.32 Å². The number of nitrogens with zero attached hydrogens (tertiary/aromatic N) is 3. The van der Waals surface area contributed by atoms with Crippen LogP contribution >= 0.6 is 0 Å². The molecule has 0 unspecified atom stereocenters. The van der Waals surface area contributed by atoms with Gasteiger partial charge in [0.1, 0.15) is 6.54 Å². The maximum absolute atomic E-state index is 12.5. The van der Waals surface area contributed by atoms with Crippen molar-refractivity contribution >= 4 is 28.2 Å². The standard InChI is InChI=1S/C17H14N4O4/c1-11-4-2-3-5-14(11)19-16(22)9-20-10-18-15-7-6-12(21(24)25)8-13(15)17(20)23/h2-8,10H,9H2,1H3,(H,19,22). The van der Waals surface area contributed by atoms with Gasteiger partial charge in [0, 0.05) is 17.8 Å². The molecule has 0 bridgehead atoms. The highest BCUT2D eigenvalue weighted by Crippen LogP contribution is 2.16. The summed E-state index contributed by atoms with van der Waals surface area (Å²) in [6, 6.07) is 11.1. The third kappa shape index (κ3) is 3.37. The molecule has 1 aromatic heterocycles. The highest BCUT2D eigenvalue weighted by Gasteiger charge is 2.13. The summed E-state index contributed by atoms with van der Waals surface area (Å²) in [5.74, 6) is -0.386. The molecule has 0 aliphatic carbocycles. The second-order valence-electron chi connectivity index (χ2n) is 5.50. The molecule has 25 heavy (non-hydrogen) atoms. The molecule has 0 saturated heterocycles. The monoisotopic (exact) mass is 338 g/mol. The molecule has 8 heteroatoms. The Hall–Kier alpha value is -3.55. The Labute approximate surface area is 141 Å². The van der Waals surface area contributed by atoms with Gasteiger partial charge in [-0.1, -0.05) is 18.2 Å². The molecule has 0 radical (unpaired) electrons. The Balaban J connectivity index is 1.90. The Bertz CT molecular complexity index is 1040. The van der Waals surface area contributed by atoms with Crippen LogP contribution in [0.4, 0.5) is 11.4 Å². The van der Waals surface area contributed by atoms with E-state index in [4.69, 9.17) is 0 Å². The summed E-state index contributed by atoms with van der Waals surface area (Å²) in [6.07, 6.45) is 1.26. The maximum atomic E-state index is 12.5. The van der Waals surface area contributed by atoms with Gasteiger partial charge in [0.2, 0.25) is 5.91 Å². The molecule has 0 aliphatic heterocycles. The predicted octanol–water partition coefficient (Wildman–Crippen LogP) is 2.25. The molecule has 0 atom stereocenters. The molecule has 2 aromatic carbocycles. The van der Waals surface area contributed by atoms with Gasteiger partial charge in [0.05, 0.1) is 22.2 Å². The van der Waals surface area contributed by atoms with Crippen LogP contribution in [0.5, 0.6) is 0 Å². The van der Waals surface area contributed by atoms with Gasteiger partial charge < -0.3 is 5.32 Å². The van der Waals surface area contributed by atoms with Gasteiger partial charge >= 0.3 is 0 Å². The van der Waals surface area contributed by atoms with E-state index in [0.717, 1.165) is 10.1 Å². The Kier molecular flexibility index (Phi) is 4.25. The van der Waals surface area contributed by atoms with E-state index in [1.54, 1.807) is 12.1 Å².